The first-order chi connectivity index (χ1) is 13.4. The zero-order chi connectivity index (χ0) is 19.7. The maximum atomic E-state index is 12.6. The predicted octanol–water partition coefficient (Wildman–Crippen LogP) is 2.35. The molecule has 3 aromatic rings. The number of aliphatic hydroxyl groups is 1. The number of aryl methyl sites for hydroxylation is 1. The van der Waals surface area contributed by atoms with E-state index in [4.69, 9.17) is 9.47 Å². The molecule has 28 heavy (non-hydrogen) atoms. The molecule has 0 radical (unpaired) electrons. The fourth-order valence-corrected chi connectivity index (χ4v) is 4.26. The summed E-state index contributed by atoms with van der Waals surface area (Å²) in [4.78, 5) is 0.0717. The van der Waals surface area contributed by atoms with Crippen LogP contribution in [-0.2, 0) is 17.1 Å². The second-order valence-electron chi connectivity index (χ2n) is 6.77. The van der Waals surface area contributed by atoms with Gasteiger partial charge < -0.3 is 19.1 Å². The molecule has 1 atom stereocenters. The minimum Gasteiger partial charge on any atom is -0.490 e. The molecule has 0 fully saturated rings. The van der Waals surface area contributed by atoms with Crippen molar-refractivity contribution in [3.63, 3.8) is 0 Å². The Balaban J connectivity index is 1.49. The molecule has 4 rings (SSSR count). The maximum absolute atomic E-state index is 12.6. The van der Waals surface area contributed by atoms with Crippen molar-refractivity contribution in [2.45, 2.75) is 17.4 Å². The van der Waals surface area contributed by atoms with Gasteiger partial charge in [0.05, 0.1) is 24.2 Å². The first-order valence-electron chi connectivity index (χ1n) is 9.06. The minimum absolute atomic E-state index is 0.0717. The van der Waals surface area contributed by atoms with Gasteiger partial charge in [-0.25, -0.2) is 13.1 Å². The molecule has 0 bridgehead atoms. The molecule has 1 aliphatic rings. The predicted molar refractivity (Wildman–Crippen MR) is 105 cm³/mol. The fraction of sp³-hybridized carbons (Fsp3) is 0.300. The Labute approximate surface area is 163 Å². The summed E-state index contributed by atoms with van der Waals surface area (Å²) in [6.07, 6.45) is 1.72. The van der Waals surface area contributed by atoms with Crippen molar-refractivity contribution >= 4 is 20.9 Å². The molecule has 8 heteroatoms. The van der Waals surface area contributed by atoms with Gasteiger partial charge in [-0.05, 0) is 41.3 Å². The number of sulfonamides is 1. The van der Waals surface area contributed by atoms with Gasteiger partial charge in [-0.3, -0.25) is 0 Å². The van der Waals surface area contributed by atoms with Gasteiger partial charge in [0.2, 0.25) is 10.0 Å². The van der Waals surface area contributed by atoms with Crippen LogP contribution < -0.4 is 14.2 Å². The number of benzene rings is 2. The highest BCUT2D eigenvalue weighted by atomic mass is 32.2. The fourth-order valence-electron chi connectivity index (χ4n) is 3.21. The molecule has 2 heterocycles. The van der Waals surface area contributed by atoms with Crippen LogP contribution in [0.4, 0.5) is 0 Å². The van der Waals surface area contributed by atoms with E-state index in [1.807, 2.05) is 36.0 Å². The average Bonchev–Trinajstić information content (AvgIpc) is 2.91. The monoisotopic (exact) mass is 402 g/mol. The Morgan fingerprint density at radius 1 is 1.11 bits per heavy atom. The number of nitrogens with zero attached hydrogens (tertiary/aromatic N) is 1. The molecule has 0 amide bonds. The van der Waals surface area contributed by atoms with Crippen molar-refractivity contribution in [3.05, 3.63) is 54.2 Å². The van der Waals surface area contributed by atoms with Crippen molar-refractivity contribution in [1.29, 1.82) is 0 Å². The van der Waals surface area contributed by atoms with Gasteiger partial charge in [0.15, 0.2) is 11.5 Å². The Bertz CT molecular complexity index is 1110. The van der Waals surface area contributed by atoms with E-state index in [0.29, 0.717) is 30.3 Å². The van der Waals surface area contributed by atoms with Gasteiger partial charge in [0, 0.05) is 37.8 Å². The molecular formula is C20H22N2O5S. The van der Waals surface area contributed by atoms with Gasteiger partial charge >= 0.3 is 0 Å². The van der Waals surface area contributed by atoms with Crippen molar-refractivity contribution in [3.8, 4) is 11.5 Å². The van der Waals surface area contributed by atoms with Crippen molar-refractivity contribution in [2.75, 3.05) is 19.8 Å². The SMILES string of the molecule is Cn1ccc2cc(C(O)CNS(=O)(=O)c3ccc4c(c3)OCCCO4)ccc21. The van der Waals surface area contributed by atoms with E-state index in [0.717, 1.165) is 17.3 Å². The summed E-state index contributed by atoms with van der Waals surface area (Å²) in [5.74, 6) is 0.947. The summed E-state index contributed by atoms with van der Waals surface area (Å²) in [6.45, 7) is 0.884. The molecule has 0 aliphatic carbocycles. The second-order valence-corrected chi connectivity index (χ2v) is 8.54. The third kappa shape index (κ3) is 3.71. The Hall–Kier alpha value is -2.55. The lowest BCUT2D eigenvalue weighted by atomic mass is 10.1. The molecule has 0 saturated carbocycles. The molecule has 7 nitrogen and oxygen atoms in total. The zero-order valence-electron chi connectivity index (χ0n) is 15.5. The maximum Gasteiger partial charge on any atom is 0.240 e. The molecule has 1 unspecified atom stereocenters. The van der Waals surface area contributed by atoms with E-state index in [9.17, 15) is 13.5 Å². The van der Waals surface area contributed by atoms with Crippen LogP contribution in [-0.4, -0.2) is 37.8 Å². The molecule has 2 aromatic carbocycles. The van der Waals surface area contributed by atoms with Gasteiger partial charge in [0.25, 0.3) is 0 Å². The minimum atomic E-state index is -3.80. The van der Waals surface area contributed by atoms with Crippen molar-refractivity contribution in [1.82, 2.24) is 9.29 Å². The number of aliphatic hydroxyl groups excluding tert-OH is 1. The van der Waals surface area contributed by atoms with Crippen LogP contribution in [0.15, 0.2) is 53.6 Å². The van der Waals surface area contributed by atoms with Crippen LogP contribution in [0, 0.1) is 0 Å². The number of hydrogen-bond acceptors (Lipinski definition) is 5. The van der Waals surface area contributed by atoms with Crippen LogP contribution in [0.5, 0.6) is 11.5 Å². The third-order valence-electron chi connectivity index (χ3n) is 4.79. The Morgan fingerprint density at radius 3 is 2.71 bits per heavy atom. The van der Waals surface area contributed by atoms with Crippen LogP contribution in [0.2, 0.25) is 0 Å². The van der Waals surface area contributed by atoms with Crippen LogP contribution in [0.3, 0.4) is 0 Å². The van der Waals surface area contributed by atoms with Gasteiger partial charge in [-0.1, -0.05) is 6.07 Å². The van der Waals surface area contributed by atoms with Gasteiger partial charge in [-0.2, -0.15) is 0 Å². The summed E-state index contributed by atoms with van der Waals surface area (Å²) >= 11 is 0. The highest BCUT2D eigenvalue weighted by Gasteiger charge is 2.20. The van der Waals surface area contributed by atoms with E-state index < -0.39 is 16.1 Å². The van der Waals surface area contributed by atoms with Gasteiger partial charge in [0.1, 0.15) is 0 Å². The van der Waals surface area contributed by atoms with Crippen molar-refractivity contribution < 1.29 is 23.0 Å². The van der Waals surface area contributed by atoms with Crippen LogP contribution in [0.1, 0.15) is 18.1 Å². The molecule has 2 N–H and O–H groups in total. The molecule has 0 saturated heterocycles. The Morgan fingerprint density at radius 2 is 1.89 bits per heavy atom. The van der Waals surface area contributed by atoms with E-state index in [1.54, 1.807) is 12.1 Å². The van der Waals surface area contributed by atoms with Crippen molar-refractivity contribution in [2.24, 2.45) is 7.05 Å². The van der Waals surface area contributed by atoms with Crippen LogP contribution in [0.25, 0.3) is 10.9 Å². The quantitative estimate of drug-likeness (QED) is 0.684. The third-order valence-corrected chi connectivity index (χ3v) is 6.21. The smallest absolute Gasteiger partial charge is 0.240 e. The summed E-state index contributed by atoms with van der Waals surface area (Å²) < 4.78 is 40.8. The van der Waals surface area contributed by atoms with Gasteiger partial charge in [-0.15, -0.1) is 0 Å². The van der Waals surface area contributed by atoms with Crippen LogP contribution >= 0.6 is 0 Å². The topological polar surface area (TPSA) is 89.8 Å². The standard InChI is InChI=1S/C20H22N2O5S/c1-22-8-7-14-11-15(3-5-17(14)22)18(23)13-21-28(24,25)16-4-6-19-20(12-16)27-10-2-9-26-19/h3-8,11-12,18,21,23H,2,9-10,13H2,1H3. The summed E-state index contributed by atoms with van der Waals surface area (Å²) in [6, 6.07) is 12.0. The number of hydrogen-bond donors (Lipinski definition) is 2. The number of fused-ring (bicyclic) bond motifs is 2. The number of ether oxygens (including phenoxy) is 2. The molecule has 0 spiro atoms. The lowest BCUT2D eigenvalue weighted by Gasteiger charge is -2.14. The van der Waals surface area contributed by atoms with E-state index in [1.165, 1.54) is 12.1 Å². The summed E-state index contributed by atoms with van der Waals surface area (Å²) in [7, 11) is -1.85. The van der Waals surface area contributed by atoms with E-state index in [-0.39, 0.29) is 11.4 Å². The van der Waals surface area contributed by atoms with E-state index in [2.05, 4.69) is 4.72 Å². The normalized spacial score (nSPS) is 15.4. The largest absolute Gasteiger partial charge is 0.490 e. The average molecular weight is 402 g/mol. The first-order valence-corrected chi connectivity index (χ1v) is 10.5. The van der Waals surface area contributed by atoms with E-state index >= 15 is 0 Å². The number of nitrogens with one attached hydrogen (secondary N) is 1. The second kappa shape index (κ2) is 7.46. The lowest BCUT2D eigenvalue weighted by Crippen LogP contribution is -2.28. The first kappa shape index (κ1) is 18.8. The number of aromatic nitrogens is 1. The molecule has 148 valence electrons. The molecule has 1 aliphatic heterocycles. The highest BCUT2D eigenvalue weighted by Crippen LogP contribution is 2.32. The molecular weight excluding hydrogens is 380 g/mol. The Kier molecular flexibility index (Phi) is 5.01. The lowest BCUT2D eigenvalue weighted by molar-refractivity contribution is 0.182. The summed E-state index contributed by atoms with van der Waals surface area (Å²) in [5.41, 5.74) is 1.70. The molecule has 1 aromatic heterocycles. The zero-order valence-corrected chi connectivity index (χ0v) is 16.3. The summed E-state index contributed by atoms with van der Waals surface area (Å²) in [5, 5.41) is 11.4. The number of rotatable bonds is 5. The highest BCUT2D eigenvalue weighted by molar-refractivity contribution is 7.89.